The number of carbonyl (C=O) groups excluding carboxylic acids is 2. The first kappa shape index (κ1) is 30.7. The molecule has 9 heteroatoms. The molecule has 1 saturated heterocycles. The first-order chi connectivity index (χ1) is 18.0. The topological polar surface area (TPSA) is 95.6 Å². The quantitative estimate of drug-likeness (QED) is 0.241. The molecule has 0 radical (unpaired) electrons. The van der Waals surface area contributed by atoms with Crippen molar-refractivity contribution in [2.45, 2.75) is 71.9 Å². The largest absolute Gasteiger partial charge is 0.493 e. The highest BCUT2D eigenvalue weighted by Crippen LogP contribution is 2.41. The van der Waals surface area contributed by atoms with E-state index in [1.165, 1.54) is 0 Å². The first-order valence-corrected chi connectivity index (χ1v) is 13.6. The molecular formula is C28H46N2O7. The number of esters is 2. The van der Waals surface area contributed by atoms with Gasteiger partial charge in [-0.05, 0) is 32.8 Å². The van der Waals surface area contributed by atoms with E-state index in [-0.39, 0.29) is 30.3 Å². The van der Waals surface area contributed by atoms with Crippen molar-refractivity contribution in [3.63, 3.8) is 0 Å². The highest BCUT2D eigenvalue weighted by atomic mass is 16.5. The number of piperazine rings is 1. The van der Waals surface area contributed by atoms with Gasteiger partial charge in [-0.25, -0.2) is 0 Å². The Labute approximate surface area is 222 Å². The molecule has 1 aliphatic heterocycles. The van der Waals surface area contributed by atoms with Crippen LogP contribution in [0.4, 0.5) is 0 Å². The van der Waals surface area contributed by atoms with Crippen molar-refractivity contribution < 1.29 is 33.3 Å². The highest BCUT2D eigenvalue weighted by Gasteiger charge is 2.35. The molecule has 2 unspecified atom stereocenters. The number of ether oxygens (including phenoxy) is 5. The normalized spacial score (nSPS) is 16.6. The van der Waals surface area contributed by atoms with Crippen LogP contribution in [0.25, 0.3) is 0 Å². The highest BCUT2D eigenvalue weighted by molar-refractivity contribution is 5.73. The summed E-state index contributed by atoms with van der Waals surface area (Å²) in [6.45, 7) is 9.83. The maximum absolute atomic E-state index is 13.0. The molecule has 1 heterocycles. The predicted octanol–water partition coefficient (Wildman–Crippen LogP) is 3.96. The molecule has 1 aliphatic rings. The molecule has 0 aromatic heterocycles. The summed E-state index contributed by atoms with van der Waals surface area (Å²) in [5.74, 6) is 1.14. The fourth-order valence-electron chi connectivity index (χ4n) is 4.76. The zero-order chi connectivity index (χ0) is 27.0. The Bertz CT molecular complexity index is 833. The number of unbranched alkanes of at least 4 members (excludes halogenated alkanes) is 2. The van der Waals surface area contributed by atoms with Gasteiger partial charge in [0.25, 0.3) is 0 Å². The first-order valence-electron chi connectivity index (χ1n) is 13.6. The SMILES string of the molecule is CCCCCC(C(=O)OCC)C1CNCCN1Cc1ccc(OC)c(OC)c1OCCCC(=O)OCC. The predicted molar refractivity (Wildman–Crippen MR) is 142 cm³/mol. The number of hydrogen-bond donors (Lipinski definition) is 1. The van der Waals surface area contributed by atoms with Gasteiger partial charge in [0.2, 0.25) is 5.75 Å². The van der Waals surface area contributed by atoms with Crippen LogP contribution >= 0.6 is 0 Å². The molecule has 1 N–H and O–H groups in total. The summed E-state index contributed by atoms with van der Waals surface area (Å²) in [5, 5.41) is 3.47. The third-order valence-corrected chi connectivity index (χ3v) is 6.60. The minimum atomic E-state index is -0.235. The third kappa shape index (κ3) is 9.38. The Hall–Kier alpha value is -2.52. The van der Waals surface area contributed by atoms with E-state index in [1.807, 2.05) is 19.1 Å². The summed E-state index contributed by atoms with van der Waals surface area (Å²) < 4.78 is 27.9. The number of nitrogens with zero attached hydrogens (tertiary/aromatic N) is 1. The molecule has 9 nitrogen and oxygen atoms in total. The monoisotopic (exact) mass is 522 g/mol. The van der Waals surface area contributed by atoms with Crippen LogP contribution < -0.4 is 19.5 Å². The van der Waals surface area contributed by atoms with Crippen LogP contribution in [0.5, 0.6) is 17.2 Å². The zero-order valence-electron chi connectivity index (χ0n) is 23.3. The summed E-state index contributed by atoms with van der Waals surface area (Å²) in [7, 11) is 3.18. The molecule has 0 bridgehead atoms. The second kappa shape index (κ2) is 17.1. The summed E-state index contributed by atoms with van der Waals surface area (Å²) in [5.41, 5.74) is 0.942. The Morgan fingerprint density at radius 1 is 1.03 bits per heavy atom. The fourth-order valence-corrected chi connectivity index (χ4v) is 4.76. The van der Waals surface area contributed by atoms with Gasteiger partial charge in [-0.1, -0.05) is 32.3 Å². The van der Waals surface area contributed by atoms with Gasteiger partial charge in [0.05, 0.1) is 40.0 Å². The van der Waals surface area contributed by atoms with Crippen LogP contribution in [0, 0.1) is 5.92 Å². The molecular weight excluding hydrogens is 476 g/mol. The smallest absolute Gasteiger partial charge is 0.310 e. The van der Waals surface area contributed by atoms with Gasteiger partial charge in [0.1, 0.15) is 0 Å². The van der Waals surface area contributed by atoms with Crippen LogP contribution in [0.1, 0.15) is 64.9 Å². The molecule has 37 heavy (non-hydrogen) atoms. The third-order valence-electron chi connectivity index (χ3n) is 6.60. The van der Waals surface area contributed by atoms with Crippen LogP contribution in [0.2, 0.25) is 0 Å². The lowest BCUT2D eigenvalue weighted by Crippen LogP contribution is -2.55. The second-order valence-electron chi connectivity index (χ2n) is 9.14. The summed E-state index contributed by atoms with van der Waals surface area (Å²) >= 11 is 0. The maximum atomic E-state index is 13.0. The standard InChI is InChI=1S/C28H46N2O7/c1-6-9-10-12-22(28(32)36-8-3)23-19-29-16-17-30(23)20-21-14-15-24(33-4)27(34-5)26(21)37-18-11-13-25(31)35-7-2/h14-15,22-23,29H,6-13,16-20H2,1-5H3. The molecule has 2 rings (SSSR count). The molecule has 0 aliphatic carbocycles. The van der Waals surface area contributed by atoms with E-state index >= 15 is 0 Å². The summed E-state index contributed by atoms with van der Waals surface area (Å²) in [6.07, 6.45) is 4.81. The van der Waals surface area contributed by atoms with E-state index < -0.39 is 0 Å². The zero-order valence-corrected chi connectivity index (χ0v) is 23.3. The lowest BCUT2D eigenvalue weighted by atomic mass is 9.90. The molecule has 1 aromatic carbocycles. The van der Waals surface area contributed by atoms with Crippen molar-refractivity contribution in [3.8, 4) is 17.2 Å². The molecule has 0 spiro atoms. The van der Waals surface area contributed by atoms with Crippen molar-refractivity contribution in [2.24, 2.45) is 5.92 Å². The molecule has 1 aromatic rings. The summed E-state index contributed by atoms with van der Waals surface area (Å²) in [6, 6.07) is 3.87. The van der Waals surface area contributed by atoms with Gasteiger partial charge < -0.3 is 29.0 Å². The van der Waals surface area contributed by atoms with Crippen molar-refractivity contribution in [2.75, 3.05) is 53.7 Å². The lowest BCUT2D eigenvalue weighted by molar-refractivity contribution is -0.151. The molecule has 1 fully saturated rings. The Kier molecular flexibility index (Phi) is 14.2. The Morgan fingerprint density at radius 3 is 2.49 bits per heavy atom. The van der Waals surface area contributed by atoms with E-state index in [2.05, 4.69) is 17.1 Å². The van der Waals surface area contributed by atoms with Gasteiger partial charge in [0.15, 0.2) is 11.5 Å². The van der Waals surface area contributed by atoms with Crippen molar-refractivity contribution >= 4 is 11.9 Å². The van der Waals surface area contributed by atoms with Crippen molar-refractivity contribution in [1.82, 2.24) is 10.2 Å². The van der Waals surface area contributed by atoms with Crippen molar-refractivity contribution in [3.05, 3.63) is 17.7 Å². The van der Waals surface area contributed by atoms with Crippen LogP contribution in [0.3, 0.4) is 0 Å². The molecule has 0 saturated carbocycles. The van der Waals surface area contributed by atoms with E-state index in [0.29, 0.717) is 50.0 Å². The Morgan fingerprint density at radius 2 is 1.81 bits per heavy atom. The number of rotatable bonds is 17. The van der Waals surface area contributed by atoms with Gasteiger partial charge in [0, 0.05) is 44.2 Å². The molecule has 0 amide bonds. The average Bonchev–Trinajstić information content (AvgIpc) is 2.90. The minimum absolute atomic E-state index is 0.00872. The van der Waals surface area contributed by atoms with Crippen LogP contribution in [-0.4, -0.2) is 76.6 Å². The van der Waals surface area contributed by atoms with E-state index in [9.17, 15) is 9.59 Å². The summed E-state index contributed by atoms with van der Waals surface area (Å²) in [4.78, 5) is 27.1. The number of benzene rings is 1. The van der Waals surface area contributed by atoms with E-state index in [1.54, 1.807) is 21.1 Å². The minimum Gasteiger partial charge on any atom is -0.493 e. The lowest BCUT2D eigenvalue weighted by Gasteiger charge is -2.40. The van der Waals surface area contributed by atoms with Gasteiger partial charge in [-0.3, -0.25) is 14.5 Å². The van der Waals surface area contributed by atoms with E-state index in [4.69, 9.17) is 23.7 Å². The van der Waals surface area contributed by atoms with Gasteiger partial charge >= 0.3 is 11.9 Å². The molecule has 210 valence electrons. The van der Waals surface area contributed by atoms with Crippen LogP contribution in [-0.2, 0) is 25.6 Å². The average molecular weight is 523 g/mol. The van der Waals surface area contributed by atoms with Crippen LogP contribution in [0.15, 0.2) is 12.1 Å². The number of hydrogen-bond acceptors (Lipinski definition) is 9. The fraction of sp³-hybridized carbons (Fsp3) is 0.714. The number of methoxy groups -OCH3 is 2. The van der Waals surface area contributed by atoms with E-state index in [0.717, 1.165) is 50.9 Å². The number of nitrogens with one attached hydrogen (secondary N) is 1. The Balaban J connectivity index is 2.26. The van der Waals surface area contributed by atoms with Crippen molar-refractivity contribution in [1.29, 1.82) is 0 Å². The number of carbonyl (C=O) groups is 2. The maximum Gasteiger partial charge on any atom is 0.310 e. The van der Waals surface area contributed by atoms with Gasteiger partial charge in [-0.15, -0.1) is 0 Å². The van der Waals surface area contributed by atoms with Gasteiger partial charge in [-0.2, -0.15) is 0 Å². The molecule has 2 atom stereocenters. The second-order valence-corrected chi connectivity index (χ2v) is 9.14.